The van der Waals surface area contributed by atoms with Crippen molar-refractivity contribution in [3.8, 4) is 11.5 Å². The van der Waals surface area contributed by atoms with Crippen LogP contribution in [0.5, 0.6) is 11.5 Å². The summed E-state index contributed by atoms with van der Waals surface area (Å²) in [6.07, 6.45) is 3.36. The van der Waals surface area contributed by atoms with E-state index < -0.39 is 10.0 Å². The third-order valence-electron chi connectivity index (χ3n) is 6.41. The molecule has 1 aliphatic rings. The third kappa shape index (κ3) is 6.49. The van der Waals surface area contributed by atoms with E-state index in [0.29, 0.717) is 40.9 Å². The zero-order valence-electron chi connectivity index (χ0n) is 22.7. The standard InChI is InChI=1S/C28H30N4O7S2/c1-36-12-10-31(11-13-37-2)41(34,35)22-7-5-21(6-8-22)27(33)32(19-20-4-3-9-29-18-20)28-30-23-16-24-25(17-26(23)40-28)39-15-14-38-24/h3-9,16-18H,10-15,19H2,1-2H3. The molecule has 5 rings (SSSR count). The Hall–Kier alpha value is -3.62. The van der Waals surface area contributed by atoms with Gasteiger partial charge in [0.25, 0.3) is 5.91 Å². The summed E-state index contributed by atoms with van der Waals surface area (Å²) in [5.41, 5.74) is 1.82. The summed E-state index contributed by atoms with van der Waals surface area (Å²) < 4.78 is 50.4. The van der Waals surface area contributed by atoms with E-state index in [-0.39, 0.29) is 43.7 Å². The number of pyridine rings is 1. The maximum absolute atomic E-state index is 13.9. The number of hydrogen-bond acceptors (Lipinski definition) is 10. The molecule has 2 aromatic carbocycles. The number of sulfonamides is 1. The number of amides is 1. The van der Waals surface area contributed by atoms with Crippen molar-refractivity contribution in [1.82, 2.24) is 14.3 Å². The molecule has 0 unspecified atom stereocenters. The van der Waals surface area contributed by atoms with Crippen LogP contribution in [0.25, 0.3) is 10.2 Å². The number of hydrogen-bond donors (Lipinski definition) is 0. The average molecular weight is 599 g/mol. The molecule has 0 fully saturated rings. The molecule has 0 saturated heterocycles. The summed E-state index contributed by atoms with van der Waals surface area (Å²) in [5, 5.41) is 0.484. The smallest absolute Gasteiger partial charge is 0.260 e. The highest BCUT2D eigenvalue weighted by Crippen LogP contribution is 2.39. The fourth-order valence-corrected chi connectivity index (χ4v) is 6.66. The van der Waals surface area contributed by atoms with Crippen LogP contribution in [0.2, 0.25) is 0 Å². The highest BCUT2D eigenvalue weighted by molar-refractivity contribution is 7.89. The van der Waals surface area contributed by atoms with Gasteiger partial charge in [-0.15, -0.1) is 0 Å². The van der Waals surface area contributed by atoms with E-state index in [0.717, 1.165) is 10.3 Å². The molecule has 0 atom stereocenters. The topological polar surface area (TPSA) is 120 Å². The first-order chi connectivity index (χ1) is 19.9. The van der Waals surface area contributed by atoms with E-state index in [4.69, 9.17) is 23.9 Å². The van der Waals surface area contributed by atoms with Gasteiger partial charge in [0, 0.05) is 57.4 Å². The Labute approximate surface area is 242 Å². The van der Waals surface area contributed by atoms with Crippen LogP contribution in [-0.2, 0) is 26.0 Å². The Bertz CT molecular complexity index is 1540. The molecule has 0 saturated carbocycles. The lowest BCUT2D eigenvalue weighted by molar-refractivity contribution is 0.0985. The molecule has 1 amide bonds. The van der Waals surface area contributed by atoms with Crippen LogP contribution < -0.4 is 14.4 Å². The molecule has 1 aliphatic heterocycles. The molecule has 0 radical (unpaired) electrons. The summed E-state index contributed by atoms with van der Waals surface area (Å²) >= 11 is 1.36. The molecule has 0 aliphatic carbocycles. The molecule has 2 aromatic heterocycles. The fourth-order valence-electron chi connectivity index (χ4n) is 4.28. The van der Waals surface area contributed by atoms with Gasteiger partial charge in [0.15, 0.2) is 16.6 Å². The number of ether oxygens (including phenoxy) is 4. The molecular weight excluding hydrogens is 568 g/mol. The predicted octanol–water partition coefficient (Wildman–Crippen LogP) is 3.59. The third-order valence-corrected chi connectivity index (χ3v) is 9.36. The van der Waals surface area contributed by atoms with E-state index in [1.54, 1.807) is 23.4 Å². The molecule has 11 nitrogen and oxygen atoms in total. The van der Waals surface area contributed by atoms with Crippen molar-refractivity contribution in [2.75, 3.05) is 58.6 Å². The number of rotatable bonds is 12. The number of aromatic nitrogens is 2. The normalized spacial score (nSPS) is 13.0. The van der Waals surface area contributed by atoms with Crippen LogP contribution >= 0.6 is 11.3 Å². The highest BCUT2D eigenvalue weighted by Gasteiger charge is 2.27. The molecule has 0 N–H and O–H groups in total. The maximum atomic E-state index is 13.9. The second-order valence-electron chi connectivity index (χ2n) is 9.13. The zero-order chi connectivity index (χ0) is 28.8. The largest absolute Gasteiger partial charge is 0.486 e. The summed E-state index contributed by atoms with van der Waals surface area (Å²) in [7, 11) is -0.801. The van der Waals surface area contributed by atoms with E-state index in [2.05, 4.69) is 4.98 Å². The van der Waals surface area contributed by atoms with E-state index in [1.165, 1.54) is 54.1 Å². The number of benzene rings is 2. The lowest BCUT2D eigenvalue weighted by Gasteiger charge is -2.22. The summed E-state index contributed by atoms with van der Waals surface area (Å²) in [4.78, 5) is 24.5. The van der Waals surface area contributed by atoms with Gasteiger partial charge >= 0.3 is 0 Å². The number of carbonyl (C=O) groups is 1. The minimum atomic E-state index is -3.83. The number of carbonyl (C=O) groups excluding carboxylic acids is 1. The Morgan fingerprint density at radius 3 is 2.32 bits per heavy atom. The van der Waals surface area contributed by atoms with Crippen molar-refractivity contribution in [2.45, 2.75) is 11.4 Å². The fraction of sp³-hybridized carbons (Fsp3) is 0.321. The minimum absolute atomic E-state index is 0.0747. The van der Waals surface area contributed by atoms with Gasteiger partial charge in [0.2, 0.25) is 10.0 Å². The summed E-state index contributed by atoms with van der Waals surface area (Å²) in [6.45, 7) is 2.00. The van der Waals surface area contributed by atoms with Gasteiger partial charge < -0.3 is 18.9 Å². The van der Waals surface area contributed by atoms with Crippen LogP contribution in [0.1, 0.15) is 15.9 Å². The first kappa shape index (κ1) is 28.9. The molecule has 0 bridgehead atoms. The average Bonchev–Trinajstić information content (AvgIpc) is 3.41. The first-order valence-corrected chi connectivity index (χ1v) is 15.2. The zero-order valence-corrected chi connectivity index (χ0v) is 24.3. The van der Waals surface area contributed by atoms with E-state index in [9.17, 15) is 13.2 Å². The summed E-state index contributed by atoms with van der Waals surface area (Å²) in [5.74, 6) is 0.934. The molecule has 216 valence electrons. The van der Waals surface area contributed by atoms with Gasteiger partial charge in [-0.05, 0) is 35.9 Å². The van der Waals surface area contributed by atoms with Crippen LogP contribution in [-0.4, -0.2) is 82.3 Å². The molecule has 13 heteroatoms. The molecule has 3 heterocycles. The van der Waals surface area contributed by atoms with E-state index in [1.807, 2.05) is 18.2 Å². The van der Waals surface area contributed by atoms with E-state index >= 15 is 0 Å². The Balaban J connectivity index is 1.45. The predicted molar refractivity (Wildman–Crippen MR) is 154 cm³/mol. The van der Waals surface area contributed by atoms with Crippen molar-refractivity contribution in [3.05, 3.63) is 72.1 Å². The maximum Gasteiger partial charge on any atom is 0.260 e. The van der Waals surface area contributed by atoms with Crippen molar-refractivity contribution in [3.63, 3.8) is 0 Å². The summed E-state index contributed by atoms with van der Waals surface area (Å²) in [6, 6.07) is 13.3. The van der Waals surface area contributed by atoms with Gasteiger partial charge in [0.1, 0.15) is 13.2 Å². The highest BCUT2D eigenvalue weighted by atomic mass is 32.2. The van der Waals surface area contributed by atoms with Gasteiger partial charge in [-0.25, -0.2) is 13.4 Å². The number of fused-ring (bicyclic) bond motifs is 2. The van der Waals surface area contributed by atoms with Crippen LogP contribution in [0, 0.1) is 0 Å². The van der Waals surface area contributed by atoms with Crippen molar-refractivity contribution >= 4 is 42.6 Å². The second kappa shape index (κ2) is 12.9. The Morgan fingerprint density at radius 2 is 1.68 bits per heavy atom. The lowest BCUT2D eigenvalue weighted by atomic mass is 10.2. The van der Waals surface area contributed by atoms with Crippen molar-refractivity contribution < 1.29 is 32.2 Å². The van der Waals surface area contributed by atoms with Gasteiger partial charge in [-0.1, -0.05) is 17.4 Å². The van der Waals surface area contributed by atoms with Crippen LogP contribution in [0.15, 0.2) is 65.8 Å². The SMILES string of the molecule is COCCN(CCOC)S(=O)(=O)c1ccc(C(=O)N(Cc2cccnc2)c2nc3cc4c(cc3s2)OCCO4)cc1. The monoisotopic (exact) mass is 598 g/mol. The minimum Gasteiger partial charge on any atom is -0.486 e. The number of methoxy groups -OCH3 is 2. The number of thiazole rings is 1. The molecule has 0 spiro atoms. The van der Waals surface area contributed by atoms with Gasteiger partial charge in [-0.2, -0.15) is 4.31 Å². The van der Waals surface area contributed by atoms with Gasteiger partial charge in [0.05, 0.1) is 34.9 Å². The van der Waals surface area contributed by atoms with Crippen molar-refractivity contribution in [2.24, 2.45) is 0 Å². The molecule has 41 heavy (non-hydrogen) atoms. The first-order valence-electron chi connectivity index (χ1n) is 12.9. The number of nitrogens with zero attached hydrogens (tertiary/aromatic N) is 4. The van der Waals surface area contributed by atoms with Crippen LogP contribution in [0.4, 0.5) is 5.13 Å². The Morgan fingerprint density at radius 1 is 1.00 bits per heavy atom. The van der Waals surface area contributed by atoms with Crippen LogP contribution in [0.3, 0.4) is 0 Å². The second-order valence-corrected chi connectivity index (χ2v) is 12.1. The number of anilines is 1. The lowest BCUT2D eigenvalue weighted by Crippen LogP contribution is -2.36. The Kier molecular flexibility index (Phi) is 9.10. The van der Waals surface area contributed by atoms with Crippen molar-refractivity contribution in [1.29, 1.82) is 0 Å². The molecule has 4 aromatic rings. The molecular formula is C28H30N4O7S2. The van der Waals surface area contributed by atoms with Gasteiger partial charge in [-0.3, -0.25) is 14.7 Å². The quantitative estimate of drug-likeness (QED) is 0.241.